The van der Waals surface area contributed by atoms with Crippen molar-refractivity contribution in [2.45, 2.75) is 38.9 Å². The zero-order valence-electron chi connectivity index (χ0n) is 15.9. The fourth-order valence-corrected chi connectivity index (χ4v) is 3.44. The molecular formula is C18H21ClF3N3O3S. The fourth-order valence-electron chi connectivity index (χ4n) is 2.24. The monoisotopic (exact) mass is 451 g/mol. The van der Waals surface area contributed by atoms with Gasteiger partial charge in [-0.05, 0) is 18.6 Å². The van der Waals surface area contributed by atoms with Gasteiger partial charge in [0.15, 0.2) is 0 Å². The van der Waals surface area contributed by atoms with Crippen molar-refractivity contribution in [3.63, 3.8) is 0 Å². The Morgan fingerprint density at radius 3 is 2.28 bits per heavy atom. The molecule has 2 rings (SSSR count). The van der Waals surface area contributed by atoms with Crippen LogP contribution in [0, 0.1) is 6.92 Å². The number of benzene rings is 1. The van der Waals surface area contributed by atoms with Crippen molar-refractivity contribution in [3.05, 3.63) is 50.4 Å². The first-order chi connectivity index (χ1) is 13.3. The molecule has 11 heteroatoms. The van der Waals surface area contributed by atoms with Gasteiger partial charge >= 0.3 is 12.1 Å². The molecule has 0 spiro atoms. The number of carbonyl (C=O) groups excluding carboxylic acids is 1. The summed E-state index contributed by atoms with van der Waals surface area (Å²) in [6.45, 7) is 6.81. The largest absolute Gasteiger partial charge is 0.490 e. The second kappa shape index (κ2) is 10.0. The van der Waals surface area contributed by atoms with Crippen LogP contribution in [0.5, 0.6) is 0 Å². The van der Waals surface area contributed by atoms with Crippen LogP contribution in [-0.4, -0.2) is 34.7 Å². The molecule has 0 fully saturated rings. The highest BCUT2D eigenvalue weighted by molar-refractivity contribution is 7.11. The number of nitrogens with one attached hydrogen (secondary N) is 1. The van der Waals surface area contributed by atoms with E-state index in [4.69, 9.17) is 27.2 Å². The number of aliphatic carboxylic acids is 1. The van der Waals surface area contributed by atoms with Gasteiger partial charge in [-0.25, -0.2) is 9.78 Å². The quantitative estimate of drug-likeness (QED) is 0.639. The van der Waals surface area contributed by atoms with E-state index >= 15 is 0 Å². The van der Waals surface area contributed by atoms with Crippen molar-refractivity contribution in [1.29, 1.82) is 0 Å². The summed E-state index contributed by atoms with van der Waals surface area (Å²) in [5.74, 6) is -2.93. The number of hydrogen-bond donors (Lipinski definition) is 3. The smallest absolute Gasteiger partial charge is 0.475 e. The van der Waals surface area contributed by atoms with E-state index < -0.39 is 12.1 Å². The van der Waals surface area contributed by atoms with E-state index in [1.165, 1.54) is 11.3 Å². The van der Waals surface area contributed by atoms with Gasteiger partial charge in [0.05, 0.1) is 0 Å². The molecule has 0 aliphatic heterocycles. The minimum atomic E-state index is -5.08. The standard InChI is InChI=1S/C16H20ClN3OS.C2HF3O2/c1-10-14(20-13(8-18)22-10)15(21)19-9-16(2,3)11-6-4-5-7-12(11)17;3-2(4,5)1(6)7/h4-7H,8-9,18H2,1-3H3,(H,19,21);(H,6,7). The molecule has 0 aliphatic rings. The third kappa shape index (κ3) is 7.30. The lowest BCUT2D eigenvalue weighted by atomic mass is 9.84. The van der Waals surface area contributed by atoms with Crippen molar-refractivity contribution in [2.75, 3.05) is 6.54 Å². The zero-order chi connectivity index (χ0) is 22.4. The van der Waals surface area contributed by atoms with E-state index in [2.05, 4.69) is 10.3 Å². The van der Waals surface area contributed by atoms with Crippen LogP contribution >= 0.6 is 22.9 Å². The molecule has 0 saturated heterocycles. The average Bonchev–Trinajstić information content (AvgIpc) is 3.01. The lowest BCUT2D eigenvalue weighted by Gasteiger charge is -2.26. The van der Waals surface area contributed by atoms with Gasteiger partial charge in [0.2, 0.25) is 0 Å². The van der Waals surface area contributed by atoms with Crippen molar-refractivity contribution in [3.8, 4) is 0 Å². The third-order valence-corrected chi connectivity index (χ3v) is 5.09. The number of carboxylic acids is 1. The Hall–Kier alpha value is -2.17. The number of nitrogens with zero attached hydrogens (tertiary/aromatic N) is 1. The van der Waals surface area contributed by atoms with Crippen LogP contribution in [0.1, 0.15) is 39.8 Å². The van der Waals surface area contributed by atoms with E-state index in [1.807, 2.05) is 45.0 Å². The highest BCUT2D eigenvalue weighted by atomic mass is 35.5. The number of amides is 1. The van der Waals surface area contributed by atoms with E-state index in [9.17, 15) is 18.0 Å². The van der Waals surface area contributed by atoms with Crippen LogP contribution in [0.15, 0.2) is 24.3 Å². The van der Waals surface area contributed by atoms with Crippen molar-refractivity contribution >= 4 is 34.8 Å². The van der Waals surface area contributed by atoms with Crippen LogP contribution in [0.25, 0.3) is 0 Å². The molecule has 1 aromatic heterocycles. The van der Waals surface area contributed by atoms with Gasteiger partial charge in [0, 0.05) is 28.4 Å². The molecule has 0 aliphatic carbocycles. The number of halogens is 4. The summed E-state index contributed by atoms with van der Waals surface area (Å²) in [6.07, 6.45) is -5.08. The van der Waals surface area contributed by atoms with E-state index in [1.54, 1.807) is 0 Å². The minimum absolute atomic E-state index is 0.173. The number of aromatic nitrogens is 1. The van der Waals surface area contributed by atoms with Crippen LogP contribution in [0.2, 0.25) is 5.02 Å². The van der Waals surface area contributed by atoms with E-state index in [-0.39, 0.29) is 11.3 Å². The summed E-state index contributed by atoms with van der Waals surface area (Å²) in [4.78, 5) is 26.4. The van der Waals surface area contributed by atoms with Gasteiger partial charge in [0.25, 0.3) is 5.91 Å². The van der Waals surface area contributed by atoms with Crippen molar-refractivity contribution < 1.29 is 27.9 Å². The average molecular weight is 452 g/mol. The molecule has 0 bridgehead atoms. The first kappa shape index (κ1) is 24.9. The molecule has 29 heavy (non-hydrogen) atoms. The molecule has 0 unspecified atom stereocenters. The third-order valence-electron chi connectivity index (χ3n) is 3.77. The van der Waals surface area contributed by atoms with Crippen molar-refractivity contribution in [2.24, 2.45) is 5.73 Å². The Balaban J connectivity index is 0.000000516. The Bertz CT molecular complexity index is 870. The highest BCUT2D eigenvalue weighted by Gasteiger charge is 2.38. The predicted octanol–water partition coefficient (Wildman–Crippen LogP) is 3.90. The van der Waals surface area contributed by atoms with Crippen LogP contribution < -0.4 is 11.1 Å². The highest BCUT2D eigenvalue weighted by Crippen LogP contribution is 2.29. The Labute approximate surface area is 174 Å². The first-order valence-corrected chi connectivity index (χ1v) is 9.48. The topological polar surface area (TPSA) is 105 Å². The summed E-state index contributed by atoms with van der Waals surface area (Å²) < 4.78 is 31.7. The molecule has 0 atom stereocenters. The summed E-state index contributed by atoms with van der Waals surface area (Å²) in [5.41, 5.74) is 6.77. The Kier molecular flexibility index (Phi) is 8.61. The first-order valence-electron chi connectivity index (χ1n) is 8.29. The predicted molar refractivity (Wildman–Crippen MR) is 105 cm³/mol. The maximum Gasteiger partial charge on any atom is 0.490 e. The van der Waals surface area contributed by atoms with Gasteiger partial charge < -0.3 is 16.2 Å². The summed E-state index contributed by atoms with van der Waals surface area (Å²) in [7, 11) is 0. The van der Waals surface area contributed by atoms with Gasteiger partial charge in [0.1, 0.15) is 10.7 Å². The molecule has 2 aromatic rings. The summed E-state index contributed by atoms with van der Waals surface area (Å²) >= 11 is 7.71. The number of carboxylic acid groups (broad SMARTS) is 1. The molecule has 6 nitrogen and oxygen atoms in total. The van der Waals surface area contributed by atoms with Crippen LogP contribution in [0.4, 0.5) is 13.2 Å². The lowest BCUT2D eigenvalue weighted by Crippen LogP contribution is -2.37. The number of thiazole rings is 1. The SMILES string of the molecule is Cc1sc(CN)nc1C(=O)NCC(C)(C)c1ccccc1Cl.O=C(O)C(F)(F)F. The Morgan fingerprint density at radius 2 is 1.83 bits per heavy atom. The van der Waals surface area contributed by atoms with Crippen LogP contribution in [0.3, 0.4) is 0 Å². The lowest BCUT2D eigenvalue weighted by molar-refractivity contribution is -0.192. The fraction of sp³-hybridized carbons (Fsp3) is 0.389. The molecule has 4 N–H and O–H groups in total. The second-order valence-electron chi connectivity index (χ2n) is 6.57. The molecule has 1 amide bonds. The number of rotatable bonds is 5. The summed E-state index contributed by atoms with van der Waals surface area (Å²) in [5, 5.41) is 11.6. The zero-order valence-corrected chi connectivity index (χ0v) is 17.5. The van der Waals surface area contributed by atoms with Crippen molar-refractivity contribution in [1.82, 2.24) is 10.3 Å². The van der Waals surface area contributed by atoms with Gasteiger partial charge in [-0.2, -0.15) is 13.2 Å². The maximum absolute atomic E-state index is 12.3. The number of aryl methyl sites for hydroxylation is 1. The molecule has 0 saturated carbocycles. The van der Waals surface area contributed by atoms with Crippen LogP contribution in [-0.2, 0) is 16.8 Å². The number of carbonyl (C=O) groups is 2. The molecule has 1 aromatic carbocycles. The normalized spacial score (nSPS) is 11.4. The molecule has 0 radical (unpaired) electrons. The van der Waals surface area contributed by atoms with E-state index in [0.717, 1.165) is 15.4 Å². The molecule has 160 valence electrons. The minimum Gasteiger partial charge on any atom is -0.475 e. The number of nitrogens with two attached hydrogens (primary N) is 1. The number of alkyl halides is 3. The van der Waals surface area contributed by atoms with E-state index in [0.29, 0.717) is 23.8 Å². The summed E-state index contributed by atoms with van der Waals surface area (Å²) in [6, 6.07) is 7.68. The maximum atomic E-state index is 12.3. The van der Waals surface area contributed by atoms with Gasteiger partial charge in [-0.15, -0.1) is 11.3 Å². The number of hydrogen-bond acceptors (Lipinski definition) is 5. The van der Waals surface area contributed by atoms with Gasteiger partial charge in [-0.3, -0.25) is 4.79 Å². The molecular weight excluding hydrogens is 431 g/mol. The Morgan fingerprint density at radius 1 is 1.28 bits per heavy atom. The molecule has 1 heterocycles. The second-order valence-corrected chi connectivity index (χ2v) is 8.26. The van der Waals surface area contributed by atoms with Gasteiger partial charge in [-0.1, -0.05) is 43.6 Å².